The first kappa shape index (κ1) is 21.6. The Morgan fingerprint density at radius 1 is 0.759 bits per heavy atom. The summed E-state index contributed by atoms with van der Waals surface area (Å²) in [5, 5.41) is 2.68. The van der Waals surface area contributed by atoms with E-state index in [0.29, 0.717) is 23.7 Å². The van der Waals surface area contributed by atoms with Gasteiger partial charge in [-0.1, -0.05) is 59.7 Å². The Kier molecular flexibility index (Phi) is 6.17. The number of fused-ring (bicyclic) bond motifs is 1. The van der Waals surface area contributed by atoms with Gasteiger partial charge in [0.1, 0.15) is 7.05 Å². The van der Waals surface area contributed by atoms with E-state index in [0.717, 1.165) is 0 Å². The van der Waals surface area contributed by atoms with Gasteiger partial charge < -0.3 is 0 Å². The van der Waals surface area contributed by atoms with Gasteiger partial charge in [-0.15, -0.1) is 0 Å². The molecule has 0 bridgehead atoms. The van der Waals surface area contributed by atoms with E-state index in [2.05, 4.69) is 110 Å². The second kappa shape index (κ2) is 8.30. The molecule has 2 aromatic carbocycles. The van der Waals surface area contributed by atoms with E-state index in [9.17, 15) is 0 Å². The second-order valence-corrected chi connectivity index (χ2v) is 9.80. The Balaban J connectivity index is 2.26. The highest BCUT2D eigenvalue weighted by atomic mass is 14.9. The average Bonchev–Trinajstić information content (AvgIpc) is 2.63. The lowest BCUT2D eigenvalue weighted by Gasteiger charge is -2.25. The SMILES string of the molecule is Cc1cc(C(C)C)cc(-c2c3ccc(C(C(C)C)C(C)C)cc3cc[n+]2C)c1C. The number of rotatable bonds is 5. The molecule has 0 spiro atoms. The van der Waals surface area contributed by atoms with Crippen LogP contribution < -0.4 is 4.57 Å². The van der Waals surface area contributed by atoms with Crippen LogP contribution in [0.2, 0.25) is 0 Å². The molecule has 1 heterocycles. The predicted octanol–water partition coefficient (Wildman–Crippen LogP) is 7.47. The van der Waals surface area contributed by atoms with Gasteiger partial charge in [0, 0.05) is 6.07 Å². The molecule has 0 fully saturated rings. The predicted molar refractivity (Wildman–Crippen MR) is 127 cm³/mol. The van der Waals surface area contributed by atoms with Crippen molar-refractivity contribution in [3.05, 3.63) is 64.8 Å². The summed E-state index contributed by atoms with van der Waals surface area (Å²) in [7, 11) is 2.17. The molecular formula is C28H38N+. The normalized spacial score (nSPS) is 12.2. The first-order valence-electron chi connectivity index (χ1n) is 11.2. The Hall–Kier alpha value is -2.15. The summed E-state index contributed by atoms with van der Waals surface area (Å²) in [5.74, 6) is 2.39. The maximum Gasteiger partial charge on any atom is 0.220 e. The van der Waals surface area contributed by atoms with Gasteiger partial charge in [-0.05, 0) is 77.3 Å². The molecule has 1 heteroatoms. The lowest BCUT2D eigenvalue weighted by Crippen LogP contribution is -2.31. The van der Waals surface area contributed by atoms with Crippen molar-refractivity contribution in [3.8, 4) is 11.3 Å². The molecule has 0 saturated carbocycles. The van der Waals surface area contributed by atoms with Crippen LogP contribution in [0, 0.1) is 25.7 Å². The molecule has 3 aromatic rings. The van der Waals surface area contributed by atoms with Crippen molar-refractivity contribution in [3.63, 3.8) is 0 Å². The van der Waals surface area contributed by atoms with E-state index < -0.39 is 0 Å². The molecule has 29 heavy (non-hydrogen) atoms. The molecule has 0 aliphatic rings. The molecule has 1 nitrogen and oxygen atoms in total. The molecule has 0 saturated heterocycles. The van der Waals surface area contributed by atoms with Crippen LogP contribution in [0.5, 0.6) is 0 Å². The number of aromatic nitrogens is 1. The van der Waals surface area contributed by atoms with Crippen molar-refractivity contribution < 1.29 is 4.57 Å². The van der Waals surface area contributed by atoms with Crippen LogP contribution in [0.1, 0.15) is 75.6 Å². The van der Waals surface area contributed by atoms with Crippen molar-refractivity contribution in [1.82, 2.24) is 0 Å². The van der Waals surface area contributed by atoms with E-state index in [1.54, 1.807) is 0 Å². The van der Waals surface area contributed by atoms with E-state index in [1.807, 2.05) is 0 Å². The van der Waals surface area contributed by atoms with E-state index in [4.69, 9.17) is 0 Å². The summed E-state index contributed by atoms with van der Waals surface area (Å²) < 4.78 is 2.29. The summed E-state index contributed by atoms with van der Waals surface area (Å²) in [5.41, 5.74) is 8.31. The Bertz CT molecular complexity index is 1020. The zero-order valence-corrected chi connectivity index (χ0v) is 19.8. The van der Waals surface area contributed by atoms with Crippen LogP contribution in [0.15, 0.2) is 42.6 Å². The maximum absolute atomic E-state index is 2.43. The molecule has 0 unspecified atom stereocenters. The van der Waals surface area contributed by atoms with Crippen molar-refractivity contribution in [2.45, 2.75) is 67.2 Å². The molecule has 0 aliphatic heterocycles. The standard InChI is InChI=1S/C28H38N/c1-17(2)24-14-20(7)21(8)26(16-24)28-25-11-10-23(27(18(3)4)19(5)6)15-22(25)12-13-29(28)9/h10-19,27H,1-9H3/q+1. The monoisotopic (exact) mass is 388 g/mol. The molecule has 0 aliphatic carbocycles. The Labute approximate surface area is 177 Å². The number of pyridine rings is 1. The minimum absolute atomic E-state index is 0.526. The fraction of sp³-hybridized carbons (Fsp3) is 0.464. The highest BCUT2D eigenvalue weighted by Crippen LogP contribution is 2.36. The number of hydrogen-bond donors (Lipinski definition) is 0. The molecule has 154 valence electrons. The van der Waals surface area contributed by atoms with Crippen molar-refractivity contribution in [2.24, 2.45) is 18.9 Å². The van der Waals surface area contributed by atoms with Crippen LogP contribution in [-0.2, 0) is 7.05 Å². The van der Waals surface area contributed by atoms with E-state index in [-0.39, 0.29) is 0 Å². The highest BCUT2D eigenvalue weighted by Gasteiger charge is 2.23. The molecule has 0 N–H and O–H groups in total. The van der Waals surface area contributed by atoms with E-state index in [1.165, 1.54) is 44.3 Å². The largest absolute Gasteiger partial charge is 0.220 e. The lowest BCUT2D eigenvalue weighted by atomic mass is 9.79. The quantitative estimate of drug-likeness (QED) is 0.399. The first-order valence-corrected chi connectivity index (χ1v) is 11.2. The third-order valence-corrected chi connectivity index (χ3v) is 6.59. The number of aryl methyl sites for hydroxylation is 2. The van der Waals surface area contributed by atoms with Gasteiger partial charge >= 0.3 is 0 Å². The number of hydrogen-bond acceptors (Lipinski definition) is 0. The van der Waals surface area contributed by atoms with Crippen molar-refractivity contribution >= 4 is 10.8 Å². The van der Waals surface area contributed by atoms with Gasteiger partial charge in [0.05, 0.1) is 10.9 Å². The second-order valence-electron chi connectivity index (χ2n) is 9.80. The minimum atomic E-state index is 0.526. The van der Waals surface area contributed by atoms with Gasteiger partial charge in [0.25, 0.3) is 0 Å². The van der Waals surface area contributed by atoms with Gasteiger partial charge in [-0.25, -0.2) is 4.57 Å². The van der Waals surface area contributed by atoms with Gasteiger partial charge in [0.2, 0.25) is 5.69 Å². The van der Waals surface area contributed by atoms with Crippen LogP contribution in [0.3, 0.4) is 0 Å². The minimum Gasteiger partial charge on any atom is -0.200 e. The van der Waals surface area contributed by atoms with Crippen molar-refractivity contribution in [1.29, 1.82) is 0 Å². The van der Waals surface area contributed by atoms with Crippen molar-refractivity contribution in [2.75, 3.05) is 0 Å². The fourth-order valence-corrected chi connectivity index (χ4v) is 4.94. The van der Waals surface area contributed by atoms with Gasteiger partial charge in [-0.3, -0.25) is 0 Å². The summed E-state index contributed by atoms with van der Waals surface area (Å²) >= 11 is 0. The van der Waals surface area contributed by atoms with E-state index >= 15 is 0 Å². The molecular weight excluding hydrogens is 350 g/mol. The topological polar surface area (TPSA) is 3.88 Å². The maximum atomic E-state index is 2.43. The fourth-order valence-electron chi connectivity index (χ4n) is 4.94. The summed E-state index contributed by atoms with van der Waals surface area (Å²) in [6, 6.07) is 14.2. The highest BCUT2D eigenvalue weighted by molar-refractivity contribution is 5.94. The lowest BCUT2D eigenvalue weighted by molar-refractivity contribution is -0.659. The third kappa shape index (κ3) is 4.10. The van der Waals surface area contributed by atoms with Crippen LogP contribution in [0.4, 0.5) is 0 Å². The average molecular weight is 389 g/mol. The smallest absolute Gasteiger partial charge is 0.200 e. The summed E-state index contributed by atoms with van der Waals surface area (Å²) in [4.78, 5) is 0. The zero-order valence-electron chi connectivity index (χ0n) is 19.8. The van der Waals surface area contributed by atoms with Crippen LogP contribution in [0.25, 0.3) is 22.0 Å². The van der Waals surface area contributed by atoms with Crippen LogP contribution >= 0.6 is 0 Å². The van der Waals surface area contributed by atoms with Crippen LogP contribution in [-0.4, -0.2) is 0 Å². The third-order valence-electron chi connectivity index (χ3n) is 6.59. The Morgan fingerprint density at radius 2 is 1.41 bits per heavy atom. The Morgan fingerprint density at radius 3 is 2.00 bits per heavy atom. The number of nitrogens with zero attached hydrogens (tertiary/aromatic N) is 1. The molecule has 3 rings (SSSR count). The summed E-state index contributed by atoms with van der Waals surface area (Å²) in [6.07, 6.45) is 2.22. The zero-order chi connectivity index (χ0) is 21.5. The van der Waals surface area contributed by atoms with Gasteiger partial charge in [0.15, 0.2) is 6.20 Å². The molecule has 0 radical (unpaired) electrons. The van der Waals surface area contributed by atoms with Gasteiger partial charge in [-0.2, -0.15) is 0 Å². The number of benzene rings is 2. The summed E-state index contributed by atoms with van der Waals surface area (Å²) in [6.45, 7) is 18.4. The molecule has 0 amide bonds. The first-order chi connectivity index (χ1) is 13.6. The molecule has 1 aromatic heterocycles. The molecule has 0 atom stereocenters.